The number of rotatable bonds is 10. The van der Waals surface area contributed by atoms with Gasteiger partial charge in [0.1, 0.15) is 5.75 Å². The lowest BCUT2D eigenvalue weighted by atomic mass is 10.2. The van der Waals surface area contributed by atoms with E-state index < -0.39 is 0 Å². The summed E-state index contributed by atoms with van der Waals surface area (Å²) in [4.78, 5) is 24.0. The first-order chi connectivity index (χ1) is 13.1. The van der Waals surface area contributed by atoms with Gasteiger partial charge in [-0.15, -0.1) is 0 Å². The molecule has 0 aliphatic rings. The van der Waals surface area contributed by atoms with Gasteiger partial charge in [-0.1, -0.05) is 0 Å². The van der Waals surface area contributed by atoms with E-state index in [-0.39, 0.29) is 18.4 Å². The van der Waals surface area contributed by atoms with E-state index in [9.17, 15) is 9.59 Å². The quantitative estimate of drug-likeness (QED) is 0.559. The van der Waals surface area contributed by atoms with E-state index in [1.165, 1.54) is 0 Å². The first kappa shape index (κ1) is 20.3. The molecule has 0 spiro atoms. The molecule has 2 amide bonds. The van der Waals surface area contributed by atoms with Crippen molar-refractivity contribution in [1.82, 2.24) is 5.32 Å². The van der Waals surface area contributed by atoms with Crippen LogP contribution >= 0.6 is 0 Å². The molecule has 0 fully saturated rings. The van der Waals surface area contributed by atoms with Crippen molar-refractivity contribution in [2.75, 3.05) is 44.5 Å². The summed E-state index contributed by atoms with van der Waals surface area (Å²) >= 11 is 0. The Labute approximate surface area is 159 Å². The largest absolute Gasteiger partial charge is 0.497 e. The first-order valence-corrected chi connectivity index (χ1v) is 8.67. The molecule has 0 saturated heterocycles. The molecule has 7 nitrogen and oxygen atoms in total. The predicted octanol–water partition coefficient (Wildman–Crippen LogP) is 2.51. The van der Waals surface area contributed by atoms with E-state index in [4.69, 9.17) is 9.47 Å². The summed E-state index contributed by atoms with van der Waals surface area (Å²) in [6.45, 7) is 1.30. The van der Waals surface area contributed by atoms with Gasteiger partial charge in [-0.25, -0.2) is 0 Å². The minimum Gasteiger partial charge on any atom is -0.497 e. The molecule has 0 aliphatic carbocycles. The maximum absolute atomic E-state index is 12.0. The number of carbonyl (C=O) groups excluding carboxylic acids is 2. The van der Waals surface area contributed by atoms with Gasteiger partial charge in [0.15, 0.2) is 0 Å². The number of hydrogen-bond acceptors (Lipinski definition) is 5. The molecule has 0 radical (unpaired) electrons. The minimum absolute atomic E-state index is 0.120. The number of ether oxygens (including phenoxy) is 2. The van der Waals surface area contributed by atoms with Crippen LogP contribution in [0, 0.1) is 0 Å². The fourth-order valence-corrected chi connectivity index (χ4v) is 2.32. The highest BCUT2D eigenvalue weighted by Crippen LogP contribution is 2.15. The van der Waals surface area contributed by atoms with Crippen LogP contribution < -0.4 is 20.7 Å². The van der Waals surface area contributed by atoms with Crippen LogP contribution in [0.4, 0.5) is 11.4 Å². The minimum atomic E-state index is -0.167. The van der Waals surface area contributed by atoms with Gasteiger partial charge in [0, 0.05) is 37.2 Å². The van der Waals surface area contributed by atoms with Crippen LogP contribution in [0.3, 0.4) is 0 Å². The average Bonchev–Trinajstić information content (AvgIpc) is 2.70. The summed E-state index contributed by atoms with van der Waals surface area (Å²) in [5.74, 6) is 0.434. The molecular formula is C20H25N3O4. The number of anilines is 2. The number of nitrogens with one attached hydrogen (secondary N) is 3. The Hall–Kier alpha value is -3.06. The van der Waals surface area contributed by atoms with Crippen molar-refractivity contribution < 1.29 is 19.1 Å². The van der Waals surface area contributed by atoms with Crippen molar-refractivity contribution in [1.29, 1.82) is 0 Å². The second kappa shape index (κ2) is 10.8. The molecule has 144 valence electrons. The topological polar surface area (TPSA) is 88.7 Å². The standard InChI is InChI=1S/C20H25N3O4/c1-26-13-3-12-21-20(25)15-4-6-16(7-5-15)22-14-19(24)23-17-8-10-18(27-2)11-9-17/h4-11,22H,3,12-14H2,1-2H3,(H,21,25)(H,23,24). The van der Waals surface area contributed by atoms with Crippen molar-refractivity contribution in [3.05, 3.63) is 54.1 Å². The highest BCUT2D eigenvalue weighted by atomic mass is 16.5. The molecule has 0 unspecified atom stereocenters. The summed E-state index contributed by atoms with van der Waals surface area (Å²) in [6.07, 6.45) is 0.769. The van der Waals surface area contributed by atoms with Gasteiger partial charge in [-0.05, 0) is 55.0 Å². The monoisotopic (exact) mass is 371 g/mol. The highest BCUT2D eigenvalue weighted by Gasteiger charge is 2.06. The van der Waals surface area contributed by atoms with E-state index in [0.29, 0.717) is 24.4 Å². The highest BCUT2D eigenvalue weighted by molar-refractivity contribution is 5.95. The van der Waals surface area contributed by atoms with Gasteiger partial charge in [-0.3, -0.25) is 9.59 Å². The summed E-state index contributed by atoms with van der Waals surface area (Å²) in [7, 11) is 3.22. The lowest BCUT2D eigenvalue weighted by Gasteiger charge is -2.09. The Morgan fingerprint density at radius 3 is 2.22 bits per heavy atom. The van der Waals surface area contributed by atoms with Crippen LogP contribution in [-0.2, 0) is 9.53 Å². The SMILES string of the molecule is COCCCNC(=O)c1ccc(NCC(=O)Nc2ccc(OC)cc2)cc1. The summed E-state index contributed by atoms with van der Waals surface area (Å²) in [5.41, 5.74) is 2.03. The van der Waals surface area contributed by atoms with Crippen molar-refractivity contribution in [2.45, 2.75) is 6.42 Å². The molecule has 2 rings (SSSR count). The number of hydrogen-bond donors (Lipinski definition) is 3. The first-order valence-electron chi connectivity index (χ1n) is 8.67. The van der Waals surface area contributed by atoms with Crippen molar-refractivity contribution >= 4 is 23.2 Å². The Morgan fingerprint density at radius 2 is 1.59 bits per heavy atom. The van der Waals surface area contributed by atoms with E-state index in [0.717, 1.165) is 17.9 Å². The fourth-order valence-electron chi connectivity index (χ4n) is 2.32. The molecule has 0 aromatic heterocycles. The number of benzene rings is 2. The molecule has 0 aliphatic heterocycles. The molecule has 0 bridgehead atoms. The van der Waals surface area contributed by atoms with Crippen molar-refractivity contribution in [3.63, 3.8) is 0 Å². The van der Waals surface area contributed by atoms with Crippen molar-refractivity contribution in [2.24, 2.45) is 0 Å². The third-order valence-electron chi connectivity index (χ3n) is 3.78. The molecular weight excluding hydrogens is 346 g/mol. The molecule has 7 heteroatoms. The maximum Gasteiger partial charge on any atom is 0.251 e. The van der Waals surface area contributed by atoms with E-state index in [2.05, 4.69) is 16.0 Å². The zero-order valence-corrected chi connectivity index (χ0v) is 15.6. The molecule has 27 heavy (non-hydrogen) atoms. The van der Waals surface area contributed by atoms with Crippen LogP contribution in [0.5, 0.6) is 5.75 Å². The van der Waals surface area contributed by atoms with E-state index in [1.54, 1.807) is 62.8 Å². The van der Waals surface area contributed by atoms with Crippen LogP contribution in [0.15, 0.2) is 48.5 Å². The second-order valence-corrected chi connectivity index (χ2v) is 5.81. The van der Waals surface area contributed by atoms with Crippen LogP contribution in [0.2, 0.25) is 0 Å². The van der Waals surface area contributed by atoms with Gasteiger partial charge in [0.25, 0.3) is 5.91 Å². The average molecular weight is 371 g/mol. The molecule has 0 saturated carbocycles. The molecule has 2 aromatic rings. The fraction of sp³-hybridized carbons (Fsp3) is 0.300. The smallest absolute Gasteiger partial charge is 0.251 e. The lowest BCUT2D eigenvalue weighted by molar-refractivity contribution is -0.114. The maximum atomic E-state index is 12.0. The Balaban J connectivity index is 1.76. The van der Waals surface area contributed by atoms with E-state index >= 15 is 0 Å². The summed E-state index contributed by atoms with van der Waals surface area (Å²) in [5, 5.41) is 8.65. The normalized spacial score (nSPS) is 10.1. The lowest BCUT2D eigenvalue weighted by Crippen LogP contribution is -2.25. The van der Waals surface area contributed by atoms with Gasteiger partial charge >= 0.3 is 0 Å². The van der Waals surface area contributed by atoms with Crippen LogP contribution in [0.25, 0.3) is 0 Å². The Morgan fingerprint density at radius 1 is 0.926 bits per heavy atom. The van der Waals surface area contributed by atoms with Gasteiger partial charge in [0.05, 0.1) is 13.7 Å². The van der Waals surface area contributed by atoms with Gasteiger partial charge in [0.2, 0.25) is 5.91 Å². The molecule has 2 aromatic carbocycles. The summed E-state index contributed by atoms with van der Waals surface area (Å²) in [6, 6.07) is 14.1. The third-order valence-corrected chi connectivity index (χ3v) is 3.78. The van der Waals surface area contributed by atoms with Gasteiger partial charge < -0.3 is 25.4 Å². The van der Waals surface area contributed by atoms with E-state index in [1.807, 2.05) is 0 Å². The molecule has 3 N–H and O–H groups in total. The number of methoxy groups -OCH3 is 2. The molecule has 0 atom stereocenters. The second-order valence-electron chi connectivity index (χ2n) is 5.81. The summed E-state index contributed by atoms with van der Waals surface area (Å²) < 4.78 is 10.0. The molecule has 0 heterocycles. The van der Waals surface area contributed by atoms with Crippen molar-refractivity contribution in [3.8, 4) is 5.75 Å². The van der Waals surface area contributed by atoms with Crippen LogP contribution in [0.1, 0.15) is 16.8 Å². The predicted molar refractivity (Wildman–Crippen MR) is 105 cm³/mol. The Bertz CT molecular complexity index is 730. The number of carbonyl (C=O) groups is 2. The Kier molecular flexibility index (Phi) is 8.12. The van der Waals surface area contributed by atoms with Crippen LogP contribution in [-0.4, -0.2) is 45.7 Å². The zero-order valence-electron chi connectivity index (χ0n) is 15.6. The zero-order chi connectivity index (χ0) is 19.5. The third kappa shape index (κ3) is 6.99. The van der Waals surface area contributed by atoms with Gasteiger partial charge in [-0.2, -0.15) is 0 Å². The number of amides is 2.